The summed E-state index contributed by atoms with van der Waals surface area (Å²) in [6.45, 7) is 0. The second-order valence-electron chi connectivity index (χ2n) is 5.28. The van der Waals surface area contributed by atoms with E-state index in [0.717, 1.165) is 39.1 Å². The van der Waals surface area contributed by atoms with Crippen molar-refractivity contribution in [3.05, 3.63) is 48.5 Å². The predicted octanol–water partition coefficient (Wildman–Crippen LogP) is 4.54. The normalized spacial score (nSPS) is 10.5. The van der Waals surface area contributed by atoms with Gasteiger partial charge >= 0.3 is 0 Å². The molecule has 4 heteroatoms. The SMILES string of the molecule is COc1cccc(-c2ccc3c(OC)c(OC)ccc3c2)c1OC. The molecule has 0 aliphatic heterocycles. The number of hydrogen-bond donors (Lipinski definition) is 0. The second-order valence-corrected chi connectivity index (χ2v) is 5.28. The fourth-order valence-electron chi connectivity index (χ4n) is 2.93. The molecule has 0 radical (unpaired) electrons. The van der Waals surface area contributed by atoms with Crippen LogP contribution < -0.4 is 18.9 Å². The van der Waals surface area contributed by atoms with E-state index in [1.165, 1.54) is 0 Å². The number of ether oxygens (including phenoxy) is 4. The van der Waals surface area contributed by atoms with E-state index in [-0.39, 0.29) is 0 Å². The molecule has 0 saturated carbocycles. The van der Waals surface area contributed by atoms with Crippen LogP contribution in [0.15, 0.2) is 48.5 Å². The summed E-state index contributed by atoms with van der Waals surface area (Å²) in [6.07, 6.45) is 0. The lowest BCUT2D eigenvalue weighted by Gasteiger charge is -2.14. The molecule has 0 unspecified atom stereocenters. The van der Waals surface area contributed by atoms with Gasteiger partial charge < -0.3 is 18.9 Å². The number of fused-ring (bicyclic) bond motifs is 1. The number of para-hydroxylation sites is 1. The highest BCUT2D eigenvalue weighted by atomic mass is 16.5. The average Bonchev–Trinajstić information content (AvgIpc) is 2.65. The molecule has 0 amide bonds. The lowest BCUT2D eigenvalue weighted by Crippen LogP contribution is -1.94. The Hall–Kier alpha value is -2.88. The Morgan fingerprint density at radius 1 is 0.625 bits per heavy atom. The smallest absolute Gasteiger partial charge is 0.168 e. The quantitative estimate of drug-likeness (QED) is 0.690. The Kier molecular flexibility index (Phi) is 4.47. The maximum absolute atomic E-state index is 5.55. The molecule has 0 atom stereocenters. The lowest BCUT2D eigenvalue weighted by molar-refractivity contribution is 0.356. The lowest BCUT2D eigenvalue weighted by atomic mass is 9.99. The first-order chi connectivity index (χ1) is 11.7. The second kappa shape index (κ2) is 6.71. The number of methoxy groups -OCH3 is 4. The van der Waals surface area contributed by atoms with Gasteiger partial charge in [-0.05, 0) is 35.2 Å². The fourth-order valence-corrected chi connectivity index (χ4v) is 2.93. The fraction of sp³-hybridized carbons (Fsp3) is 0.200. The van der Waals surface area contributed by atoms with E-state index in [1.54, 1.807) is 28.4 Å². The minimum atomic E-state index is 0.711. The molecule has 0 aromatic heterocycles. The van der Waals surface area contributed by atoms with Gasteiger partial charge in [0.05, 0.1) is 28.4 Å². The van der Waals surface area contributed by atoms with Crippen molar-refractivity contribution in [1.29, 1.82) is 0 Å². The van der Waals surface area contributed by atoms with Crippen molar-refractivity contribution in [3.8, 4) is 34.1 Å². The molecule has 0 aliphatic carbocycles. The highest BCUT2D eigenvalue weighted by Gasteiger charge is 2.14. The van der Waals surface area contributed by atoms with Crippen molar-refractivity contribution in [1.82, 2.24) is 0 Å². The first kappa shape index (κ1) is 16.0. The van der Waals surface area contributed by atoms with Crippen LogP contribution in [0, 0.1) is 0 Å². The average molecular weight is 324 g/mol. The molecule has 24 heavy (non-hydrogen) atoms. The van der Waals surface area contributed by atoms with Crippen LogP contribution in [0.1, 0.15) is 0 Å². The van der Waals surface area contributed by atoms with Crippen LogP contribution in [0.4, 0.5) is 0 Å². The molecular weight excluding hydrogens is 304 g/mol. The van der Waals surface area contributed by atoms with E-state index in [9.17, 15) is 0 Å². The van der Waals surface area contributed by atoms with E-state index < -0.39 is 0 Å². The summed E-state index contributed by atoms with van der Waals surface area (Å²) in [4.78, 5) is 0. The zero-order chi connectivity index (χ0) is 17.1. The van der Waals surface area contributed by atoms with Crippen LogP contribution in [-0.2, 0) is 0 Å². The molecule has 4 nitrogen and oxygen atoms in total. The molecule has 3 rings (SSSR count). The molecule has 3 aromatic rings. The molecule has 0 aliphatic rings. The van der Waals surface area contributed by atoms with Crippen LogP contribution in [0.25, 0.3) is 21.9 Å². The van der Waals surface area contributed by atoms with Crippen LogP contribution in [0.3, 0.4) is 0 Å². The van der Waals surface area contributed by atoms with Crippen molar-refractivity contribution in [2.45, 2.75) is 0 Å². The number of benzene rings is 3. The van der Waals surface area contributed by atoms with E-state index in [0.29, 0.717) is 5.75 Å². The van der Waals surface area contributed by atoms with E-state index in [4.69, 9.17) is 18.9 Å². The van der Waals surface area contributed by atoms with E-state index >= 15 is 0 Å². The van der Waals surface area contributed by atoms with Crippen molar-refractivity contribution in [3.63, 3.8) is 0 Å². The summed E-state index contributed by atoms with van der Waals surface area (Å²) in [7, 11) is 6.57. The molecule has 0 N–H and O–H groups in total. The van der Waals surface area contributed by atoms with Crippen molar-refractivity contribution in [2.24, 2.45) is 0 Å². The third-order valence-electron chi connectivity index (χ3n) is 4.07. The monoisotopic (exact) mass is 324 g/mol. The summed E-state index contributed by atoms with van der Waals surface area (Å²) in [5, 5.41) is 2.07. The molecular formula is C20H20O4. The van der Waals surface area contributed by atoms with Gasteiger partial charge in [0.1, 0.15) is 0 Å². The third-order valence-corrected chi connectivity index (χ3v) is 4.07. The molecule has 0 bridgehead atoms. The molecule has 124 valence electrons. The Bertz CT molecular complexity index is 871. The summed E-state index contributed by atoms with van der Waals surface area (Å²) < 4.78 is 21.8. The number of hydrogen-bond acceptors (Lipinski definition) is 4. The first-order valence-corrected chi connectivity index (χ1v) is 7.59. The highest BCUT2D eigenvalue weighted by Crippen LogP contribution is 2.41. The largest absolute Gasteiger partial charge is 0.493 e. The van der Waals surface area contributed by atoms with E-state index in [2.05, 4.69) is 6.07 Å². The van der Waals surface area contributed by atoms with Crippen LogP contribution in [-0.4, -0.2) is 28.4 Å². The summed E-state index contributed by atoms with van der Waals surface area (Å²) >= 11 is 0. The topological polar surface area (TPSA) is 36.9 Å². The zero-order valence-electron chi connectivity index (χ0n) is 14.3. The van der Waals surface area contributed by atoms with E-state index in [1.807, 2.05) is 42.5 Å². The van der Waals surface area contributed by atoms with Gasteiger partial charge in [0, 0.05) is 10.9 Å². The maximum Gasteiger partial charge on any atom is 0.168 e. The number of rotatable bonds is 5. The van der Waals surface area contributed by atoms with Gasteiger partial charge in [-0.15, -0.1) is 0 Å². The molecule has 0 fully saturated rings. The van der Waals surface area contributed by atoms with Crippen molar-refractivity contribution in [2.75, 3.05) is 28.4 Å². The van der Waals surface area contributed by atoms with Gasteiger partial charge in [0.2, 0.25) is 0 Å². The summed E-state index contributed by atoms with van der Waals surface area (Å²) in [6, 6.07) is 16.0. The van der Waals surface area contributed by atoms with Crippen molar-refractivity contribution >= 4 is 10.8 Å². The minimum absolute atomic E-state index is 0.711. The van der Waals surface area contributed by atoms with Crippen LogP contribution in [0.5, 0.6) is 23.0 Å². The Morgan fingerprint density at radius 3 is 2.00 bits per heavy atom. The van der Waals surface area contributed by atoms with Gasteiger partial charge in [-0.2, -0.15) is 0 Å². The minimum Gasteiger partial charge on any atom is -0.493 e. The zero-order valence-corrected chi connectivity index (χ0v) is 14.3. The molecule has 0 saturated heterocycles. The van der Waals surface area contributed by atoms with Gasteiger partial charge in [-0.1, -0.05) is 24.3 Å². The predicted molar refractivity (Wildman–Crippen MR) is 95.6 cm³/mol. The van der Waals surface area contributed by atoms with Gasteiger partial charge in [-0.3, -0.25) is 0 Å². The Balaban J connectivity index is 2.19. The van der Waals surface area contributed by atoms with Crippen LogP contribution in [0.2, 0.25) is 0 Å². The molecule has 0 spiro atoms. The van der Waals surface area contributed by atoms with Crippen LogP contribution >= 0.6 is 0 Å². The Morgan fingerprint density at radius 2 is 1.33 bits per heavy atom. The molecule has 0 heterocycles. The van der Waals surface area contributed by atoms with Gasteiger partial charge in [-0.25, -0.2) is 0 Å². The third kappa shape index (κ3) is 2.60. The van der Waals surface area contributed by atoms with Crippen molar-refractivity contribution < 1.29 is 18.9 Å². The van der Waals surface area contributed by atoms with Gasteiger partial charge in [0.25, 0.3) is 0 Å². The maximum atomic E-state index is 5.55. The summed E-state index contributed by atoms with van der Waals surface area (Å²) in [5.41, 5.74) is 2.03. The standard InChI is InChI=1S/C20H20O4/c1-21-17-7-5-6-15(19(17)23-3)13-8-10-16-14(12-13)9-11-18(22-2)20(16)24-4/h5-12H,1-4H3. The first-order valence-electron chi connectivity index (χ1n) is 7.59. The Labute approximate surface area is 141 Å². The summed E-state index contributed by atoms with van der Waals surface area (Å²) in [5.74, 6) is 2.89. The van der Waals surface area contributed by atoms with Gasteiger partial charge in [0.15, 0.2) is 23.0 Å². The highest BCUT2D eigenvalue weighted by molar-refractivity contribution is 5.94. The molecule has 3 aromatic carbocycles.